The fraction of sp³-hybridized carbons (Fsp3) is 0.462. The molecule has 0 saturated carbocycles. The van der Waals surface area contributed by atoms with E-state index in [1.807, 2.05) is 6.92 Å². The molecular weight excluding hydrogens is 248 g/mol. The number of nitro benzene ring substituents is 1. The number of aromatic carboxylic acids is 1. The van der Waals surface area contributed by atoms with Crippen molar-refractivity contribution in [2.24, 2.45) is 0 Å². The highest BCUT2D eigenvalue weighted by Gasteiger charge is 2.18. The standard InChI is InChI=1S/C13H18N2O4/c1-3-4-5-9(2)14-11-7-6-10(13(16)17)8-12(11)15(18)19/h6-9,14H,3-5H2,1-2H3,(H,16,17). The smallest absolute Gasteiger partial charge is 0.335 e. The van der Waals surface area contributed by atoms with E-state index in [2.05, 4.69) is 12.2 Å². The van der Waals surface area contributed by atoms with Crippen molar-refractivity contribution in [3.05, 3.63) is 33.9 Å². The third kappa shape index (κ3) is 4.24. The third-order valence-corrected chi connectivity index (χ3v) is 2.83. The van der Waals surface area contributed by atoms with Crippen molar-refractivity contribution in [1.82, 2.24) is 0 Å². The third-order valence-electron chi connectivity index (χ3n) is 2.83. The first-order valence-electron chi connectivity index (χ1n) is 6.24. The molecule has 0 aromatic heterocycles. The Labute approximate surface area is 111 Å². The maximum Gasteiger partial charge on any atom is 0.335 e. The van der Waals surface area contributed by atoms with E-state index in [1.165, 1.54) is 12.1 Å². The quantitative estimate of drug-likeness (QED) is 0.583. The molecule has 104 valence electrons. The van der Waals surface area contributed by atoms with Gasteiger partial charge in [-0.25, -0.2) is 4.79 Å². The van der Waals surface area contributed by atoms with Crippen LogP contribution in [-0.4, -0.2) is 22.0 Å². The summed E-state index contributed by atoms with van der Waals surface area (Å²) in [6, 6.07) is 4.00. The molecule has 6 heteroatoms. The van der Waals surface area contributed by atoms with E-state index in [1.54, 1.807) is 0 Å². The van der Waals surface area contributed by atoms with E-state index >= 15 is 0 Å². The first-order valence-corrected chi connectivity index (χ1v) is 6.24. The summed E-state index contributed by atoms with van der Waals surface area (Å²) in [5.74, 6) is -1.17. The van der Waals surface area contributed by atoms with Crippen LogP contribution in [0.4, 0.5) is 11.4 Å². The van der Waals surface area contributed by atoms with Gasteiger partial charge >= 0.3 is 5.97 Å². The molecule has 0 fully saturated rings. The summed E-state index contributed by atoms with van der Waals surface area (Å²) in [6.45, 7) is 4.03. The predicted octanol–water partition coefficient (Wildman–Crippen LogP) is 3.28. The first-order chi connectivity index (χ1) is 8.95. The summed E-state index contributed by atoms with van der Waals surface area (Å²) in [5.41, 5.74) is 0.0697. The van der Waals surface area contributed by atoms with Crippen molar-refractivity contribution in [3.63, 3.8) is 0 Å². The van der Waals surface area contributed by atoms with Gasteiger partial charge in [0.15, 0.2) is 0 Å². The lowest BCUT2D eigenvalue weighted by Gasteiger charge is -2.15. The Morgan fingerprint density at radius 3 is 2.74 bits per heavy atom. The molecule has 0 amide bonds. The van der Waals surface area contributed by atoms with Gasteiger partial charge in [0.25, 0.3) is 5.69 Å². The van der Waals surface area contributed by atoms with Crippen LogP contribution in [0.2, 0.25) is 0 Å². The molecule has 1 aromatic carbocycles. The van der Waals surface area contributed by atoms with E-state index < -0.39 is 10.9 Å². The largest absolute Gasteiger partial charge is 0.478 e. The molecule has 0 saturated heterocycles. The SMILES string of the molecule is CCCCC(C)Nc1ccc(C(=O)O)cc1[N+](=O)[O-]. The van der Waals surface area contributed by atoms with Gasteiger partial charge in [0.2, 0.25) is 0 Å². The zero-order valence-corrected chi connectivity index (χ0v) is 11.0. The van der Waals surface area contributed by atoms with E-state index in [4.69, 9.17) is 5.11 Å². The Morgan fingerprint density at radius 2 is 2.21 bits per heavy atom. The van der Waals surface area contributed by atoms with Crippen LogP contribution in [0.15, 0.2) is 18.2 Å². The predicted molar refractivity (Wildman–Crippen MR) is 72.7 cm³/mol. The van der Waals surface area contributed by atoms with Gasteiger partial charge in [-0.1, -0.05) is 19.8 Å². The van der Waals surface area contributed by atoms with Crippen molar-refractivity contribution >= 4 is 17.3 Å². The van der Waals surface area contributed by atoms with Gasteiger partial charge in [-0.15, -0.1) is 0 Å². The lowest BCUT2D eigenvalue weighted by atomic mass is 10.1. The molecule has 1 rings (SSSR count). The molecule has 1 unspecified atom stereocenters. The van der Waals surface area contributed by atoms with Gasteiger partial charge in [0.1, 0.15) is 5.69 Å². The van der Waals surface area contributed by atoms with Crippen LogP contribution in [0.3, 0.4) is 0 Å². The number of hydrogen-bond acceptors (Lipinski definition) is 4. The van der Waals surface area contributed by atoms with Crippen LogP contribution in [0.25, 0.3) is 0 Å². The van der Waals surface area contributed by atoms with Crippen molar-refractivity contribution in [3.8, 4) is 0 Å². The number of carboxylic acids is 1. The van der Waals surface area contributed by atoms with E-state index in [9.17, 15) is 14.9 Å². The summed E-state index contributed by atoms with van der Waals surface area (Å²) >= 11 is 0. The molecule has 0 aliphatic heterocycles. The molecule has 0 radical (unpaired) electrons. The molecule has 19 heavy (non-hydrogen) atoms. The van der Waals surface area contributed by atoms with Crippen molar-refractivity contribution < 1.29 is 14.8 Å². The number of nitrogens with zero attached hydrogens (tertiary/aromatic N) is 1. The Hall–Kier alpha value is -2.11. The van der Waals surface area contributed by atoms with Crippen LogP contribution in [0.5, 0.6) is 0 Å². The molecule has 2 N–H and O–H groups in total. The summed E-state index contributed by atoms with van der Waals surface area (Å²) in [6.07, 6.45) is 3.01. The number of nitro groups is 1. The van der Waals surface area contributed by atoms with E-state index in [0.717, 1.165) is 25.3 Å². The van der Waals surface area contributed by atoms with Gasteiger partial charge in [0, 0.05) is 12.1 Å². The number of hydrogen-bond donors (Lipinski definition) is 2. The minimum Gasteiger partial charge on any atom is -0.478 e. The minimum absolute atomic E-state index is 0.0848. The molecule has 0 aliphatic rings. The molecule has 0 heterocycles. The van der Waals surface area contributed by atoms with Crippen LogP contribution >= 0.6 is 0 Å². The average Bonchev–Trinajstić information content (AvgIpc) is 2.36. The van der Waals surface area contributed by atoms with Gasteiger partial charge < -0.3 is 10.4 Å². The Balaban J connectivity index is 2.94. The highest BCUT2D eigenvalue weighted by molar-refractivity contribution is 5.89. The molecule has 0 aliphatic carbocycles. The van der Waals surface area contributed by atoms with Crippen molar-refractivity contribution in [2.75, 3.05) is 5.32 Å². The number of benzene rings is 1. The molecule has 1 aromatic rings. The van der Waals surface area contributed by atoms with Crippen molar-refractivity contribution in [2.45, 2.75) is 39.2 Å². The minimum atomic E-state index is -1.17. The number of carboxylic acid groups (broad SMARTS) is 1. The van der Waals surface area contributed by atoms with Crippen LogP contribution in [0.1, 0.15) is 43.5 Å². The molecular formula is C13H18N2O4. The summed E-state index contributed by atoms with van der Waals surface area (Å²) < 4.78 is 0. The molecule has 0 bridgehead atoms. The summed E-state index contributed by atoms with van der Waals surface area (Å²) in [4.78, 5) is 21.2. The van der Waals surface area contributed by atoms with E-state index in [0.29, 0.717) is 5.69 Å². The van der Waals surface area contributed by atoms with Gasteiger partial charge in [0.05, 0.1) is 10.5 Å². The number of anilines is 1. The normalized spacial score (nSPS) is 11.9. The van der Waals surface area contributed by atoms with Gasteiger partial charge in [-0.3, -0.25) is 10.1 Å². The van der Waals surface area contributed by atoms with Gasteiger partial charge in [-0.05, 0) is 25.5 Å². The van der Waals surface area contributed by atoms with Crippen LogP contribution < -0.4 is 5.32 Å². The summed E-state index contributed by atoms with van der Waals surface area (Å²) in [5, 5.41) is 22.9. The number of carbonyl (C=O) groups is 1. The fourth-order valence-corrected chi connectivity index (χ4v) is 1.79. The Morgan fingerprint density at radius 1 is 1.53 bits per heavy atom. The first kappa shape index (κ1) is 14.9. The highest BCUT2D eigenvalue weighted by Crippen LogP contribution is 2.26. The molecule has 1 atom stereocenters. The van der Waals surface area contributed by atoms with E-state index in [-0.39, 0.29) is 17.3 Å². The molecule has 0 spiro atoms. The van der Waals surface area contributed by atoms with Crippen molar-refractivity contribution in [1.29, 1.82) is 0 Å². The maximum atomic E-state index is 11.0. The number of rotatable bonds is 7. The topological polar surface area (TPSA) is 92.5 Å². The Kier molecular flexibility index (Phi) is 5.29. The summed E-state index contributed by atoms with van der Waals surface area (Å²) in [7, 11) is 0. The van der Waals surface area contributed by atoms with Crippen LogP contribution in [-0.2, 0) is 0 Å². The zero-order chi connectivity index (χ0) is 14.4. The second-order valence-corrected chi connectivity index (χ2v) is 4.48. The highest BCUT2D eigenvalue weighted by atomic mass is 16.6. The number of nitrogens with one attached hydrogen (secondary N) is 1. The zero-order valence-electron chi connectivity index (χ0n) is 11.0. The second-order valence-electron chi connectivity index (χ2n) is 4.48. The lowest BCUT2D eigenvalue weighted by Crippen LogP contribution is -2.16. The average molecular weight is 266 g/mol. The lowest BCUT2D eigenvalue weighted by molar-refractivity contribution is -0.384. The second kappa shape index (κ2) is 6.72. The number of unbranched alkanes of at least 4 members (excludes halogenated alkanes) is 1. The maximum absolute atomic E-state index is 11.0. The molecule has 6 nitrogen and oxygen atoms in total. The monoisotopic (exact) mass is 266 g/mol. The Bertz CT molecular complexity index is 474. The van der Waals surface area contributed by atoms with Gasteiger partial charge in [-0.2, -0.15) is 0 Å². The van der Waals surface area contributed by atoms with Crippen LogP contribution in [0, 0.1) is 10.1 Å². The fourth-order valence-electron chi connectivity index (χ4n) is 1.79.